The van der Waals surface area contributed by atoms with Crippen molar-refractivity contribution >= 4 is 31.9 Å². The van der Waals surface area contributed by atoms with E-state index in [2.05, 4.69) is 22.0 Å². The van der Waals surface area contributed by atoms with Gasteiger partial charge in [0.25, 0.3) is 5.91 Å². The molecule has 5 nitrogen and oxygen atoms in total. The molecule has 1 fully saturated rings. The Morgan fingerprint density at radius 2 is 1.88 bits per heavy atom. The van der Waals surface area contributed by atoms with E-state index in [9.17, 15) is 26.4 Å². The largest absolute Gasteiger partial charge is 0.416 e. The van der Waals surface area contributed by atoms with Crippen LogP contribution in [-0.2, 0) is 21.0 Å². The lowest BCUT2D eigenvalue weighted by Gasteiger charge is -2.39. The highest BCUT2D eigenvalue weighted by molar-refractivity contribution is 9.10. The van der Waals surface area contributed by atoms with Crippen molar-refractivity contribution in [3.8, 4) is 0 Å². The third-order valence-corrected chi connectivity index (χ3v) is 8.68. The quantitative estimate of drug-likeness (QED) is 0.524. The van der Waals surface area contributed by atoms with Gasteiger partial charge in [-0.3, -0.25) is 4.79 Å². The number of piperazine rings is 1. The van der Waals surface area contributed by atoms with Gasteiger partial charge in [-0.25, -0.2) is 8.42 Å². The Balaban J connectivity index is 1.78. The van der Waals surface area contributed by atoms with Crippen molar-refractivity contribution in [2.45, 2.75) is 44.3 Å². The predicted octanol–water partition coefficient (Wildman–Crippen LogP) is 5.16. The predicted molar refractivity (Wildman–Crippen MR) is 124 cm³/mol. The normalized spacial score (nSPS) is 22.6. The SMILES string of the molecule is CCC1C=C(C)C=CC(C(=O)N2CCN(S(=O)(=O)c3ccc(C(F)(F)F)cc3Br)CC2C)=C1. The van der Waals surface area contributed by atoms with E-state index >= 15 is 0 Å². The van der Waals surface area contributed by atoms with E-state index in [4.69, 9.17) is 0 Å². The maximum atomic E-state index is 13.2. The van der Waals surface area contributed by atoms with E-state index in [0.29, 0.717) is 5.57 Å². The Kier molecular flexibility index (Phi) is 7.60. The van der Waals surface area contributed by atoms with E-state index in [1.54, 1.807) is 17.9 Å². The number of carbonyl (C=O) groups excluding carboxylic acids is 1. The number of carbonyl (C=O) groups is 1. The minimum atomic E-state index is -4.57. The summed E-state index contributed by atoms with van der Waals surface area (Å²) < 4.78 is 66.2. The number of allylic oxidation sites excluding steroid dienone is 4. The molecule has 3 rings (SSSR count). The lowest BCUT2D eigenvalue weighted by molar-refractivity contribution is -0.137. The topological polar surface area (TPSA) is 57.7 Å². The zero-order valence-electron chi connectivity index (χ0n) is 18.6. The fourth-order valence-electron chi connectivity index (χ4n) is 3.96. The standard InChI is InChI=1S/C23H26BrF3N2O3S/c1-4-17-11-15(2)5-6-18(12-17)22(30)29-10-9-28(14-16(29)3)33(31,32)21-8-7-19(13-20(21)24)23(25,26)27/h5-8,11-13,16-17H,4,9-10,14H2,1-3H3. The first-order chi connectivity index (χ1) is 15.3. The van der Waals surface area contributed by atoms with E-state index in [1.165, 1.54) is 4.31 Å². The number of alkyl halides is 3. The molecule has 1 heterocycles. The zero-order valence-corrected chi connectivity index (χ0v) is 21.0. The van der Waals surface area contributed by atoms with Crippen LogP contribution in [0.25, 0.3) is 0 Å². The first-order valence-corrected chi connectivity index (χ1v) is 12.8. The Labute approximate surface area is 200 Å². The minimum Gasteiger partial charge on any atom is -0.333 e. The second-order valence-electron chi connectivity index (χ2n) is 8.29. The molecule has 1 aliphatic carbocycles. The van der Waals surface area contributed by atoms with E-state index < -0.39 is 27.8 Å². The molecule has 33 heavy (non-hydrogen) atoms. The smallest absolute Gasteiger partial charge is 0.333 e. The van der Waals surface area contributed by atoms with Gasteiger partial charge in [0, 0.05) is 35.7 Å². The first kappa shape index (κ1) is 25.7. The molecule has 2 aliphatic rings. The highest BCUT2D eigenvalue weighted by Gasteiger charge is 2.37. The molecular weight excluding hydrogens is 521 g/mol. The number of sulfonamides is 1. The van der Waals surface area contributed by atoms with Crippen LogP contribution in [0.15, 0.2) is 63.0 Å². The molecule has 2 unspecified atom stereocenters. The van der Waals surface area contributed by atoms with Gasteiger partial charge in [-0.05, 0) is 66.4 Å². The van der Waals surface area contributed by atoms with Crippen LogP contribution in [0.5, 0.6) is 0 Å². The Bertz CT molecular complexity index is 1130. The molecule has 1 aliphatic heterocycles. The third kappa shape index (κ3) is 5.60. The van der Waals surface area contributed by atoms with E-state index in [0.717, 1.165) is 30.2 Å². The van der Waals surface area contributed by atoms with Crippen LogP contribution >= 0.6 is 15.9 Å². The van der Waals surface area contributed by atoms with Crippen molar-refractivity contribution in [2.24, 2.45) is 5.92 Å². The zero-order chi connectivity index (χ0) is 24.6. The summed E-state index contributed by atoms with van der Waals surface area (Å²) in [6.45, 7) is 6.08. The van der Waals surface area contributed by atoms with Crippen LogP contribution in [0, 0.1) is 5.92 Å². The lowest BCUT2D eigenvalue weighted by atomic mass is 10.0. The molecular formula is C23H26BrF3N2O3S. The number of halogens is 4. The fourth-order valence-corrected chi connectivity index (χ4v) is 6.51. The van der Waals surface area contributed by atoms with Crippen LogP contribution in [0.4, 0.5) is 13.2 Å². The average Bonchev–Trinajstić information content (AvgIpc) is 2.93. The number of amides is 1. The summed E-state index contributed by atoms with van der Waals surface area (Å²) in [4.78, 5) is 14.6. The van der Waals surface area contributed by atoms with Gasteiger partial charge < -0.3 is 4.90 Å². The van der Waals surface area contributed by atoms with Crippen LogP contribution in [-0.4, -0.2) is 49.2 Å². The highest BCUT2D eigenvalue weighted by Crippen LogP contribution is 2.35. The molecule has 180 valence electrons. The molecule has 0 saturated carbocycles. The van der Waals surface area contributed by atoms with Crippen molar-refractivity contribution in [1.82, 2.24) is 9.21 Å². The molecule has 10 heteroatoms. The second kappa shape index (κ2) is 9.76. The van der Waals surface area contributed by atoms with Crippen LogP contribution in [0.2, 0.25) is 0 Å². The third-order valence-electron chi connectivity index (χ3n) is 5.84. The van der Waals surface area contributed by atoms with E-state index in [-0.39, 0.29) is 40.8 Å². The van der Waals surface area contributed by atoms with Crippen molar-refractivity contribution < 1.29 is 26.4 Å². The van der Waals surface area contributed by atoms with Gasteiger partial charge in [-0.15, -0.1) is 0 Å². The average molecular weight is 547 g/mol. The lowest BCUT2D eigenvalue weighted by Crippen LogP contribution is -2.55. The molecule has 0 radical (unpaired) electrons. The highest BCUT2D eigenvalue weighted by atomic mass is 79.9. The second-order valence-corrected chi connectivity index (χ2v) is 11.1. The van der Waals surface area contributed by atoms with E-state index in [1.807, 2.05) is 26.0 Å². The number of benzene rings is 1. The maximum absolute atomic E-state index is 13.2. The Morgan fingerprint density at radius 1 is 1.18 bits per heavy atom. The van der Waals surface area contributed by atoms with Crippen molar-refractivity contribution in [3.63, 3.8) is 0 Å². The van der Waals surface area contributed by atoms with Gasteiger partial charge in [-0.2, -0.15) is 17.5 Å². The van der Waals surface area contributed by atoms with Crippen LogP contribution in [0.3, 0.4) is 0 Å². The first-order valence-electron chi connectivity index (χ1n) is 10.6. The monoisotopic (exact) mass is 546 g/mol. The van der Waals surface area contributed by atoms with Gasteiger partial charge in [-0.1, -0.05) is 30.7 Å². The molecule has 0 spiro atoms. The molecule has 1 saturated heterocycles. The molecule has 1 aromatic rings. The van der Waals surface area contributed by atoms with Crippen molar-refractivity contribution in [1.29, 1.82) is 0 Å². The summed E-state index contributed by atoms with van der Waals surface area (Å²) in [7, 11) is -4.04. The summed E-state index contributed by atoms with van der Waals surface area (Å²) in [5.41, 5.74) is 0.715. The molecule has 0 N–H and O–H groups in total. The van der Waals surface area contributed by atoms with Crippen molar-refractivity contribution in [2.75, 3.05) is 19.6 Å². The summed E-state index contributed by atoms with van der Waals surface area (Å²) >= 11 is 2.98. The molecule has 2 atom stereocenters. The van der Waals surface area contributed by atoms with Crippen molar-refractivity contribution in [3.05, 3.63) is 63.7 Å². The van der Waals surface area contributed by atoms with Gasteiger partial charge in [0.15, 0.2) is 0 Å². The fraction of sp³-hybridized carbons (Fsp3) is 0.435. The Morgan fingerprint density at radius 3 is 2.45 bits per heavy atom. The molecule has 0 bridgehead atoms. The summed E-state index contributed by atoms with van der Waals surface area (Å²) in [6, 6.07) is 2.08. The summed E-state index contributed by atoms with van der Waals surface area (Å²) in [6.07, 6.45) is 4.01. The van der Waals surface area contributed by atoms with Gasteiger partial charge >= 0.3 is 6.18 Å². The molecule has 0 aromatic heterocycles. The van der Waals surface area contributed by atoms with Gasteiger partial charge in [0.1, 0.15) is 0 Å². The number of nitrogens with zero attached hydrogens (tertiary/aromatic N) is 2. The maximum Gasteiger partial charge on any atom is 0.416 e. The summed E-state index contributed by atoms with van der Waals surface area (Å²) in [5.74, 6) is -0.0130. The Hall–Kier alpha value is -1.91. The summed E-state index contributed by atoms with van der Waals surface area (Å²) in [5, 5.41) is 0. The van der Waals surface area contributed by atoms with Crippen LogP contribution in [0.1, 0.15) is 32.8 Å². The van der Waals surface area contributed by atoms with Gasteiger partial charge in [0.05, 0.1) is 10.5 Å². The number of rotatable bonds is 4. The number of hydrogen-bond acceptors (Lipinski definition) is 3. The van der Waals surface area contributed by atoms with Gasteiger partial charge in [0.2, 0.25) is 10.0 Å². The molecule has 1 aromatic carbocycles. The van der Waals surface area contributed by atoms with Crippen LogP contribution < -0.4 is 0 Å². The molecule has 1 amide bonds. The minimum absolute atomic E-state index is 0.0486. The number of hydrogen-bond donors (Lipinski definition) is 0.